The molecular weight excluding hydrogens is 368 g/mol. The summed E-state index contributed by atoms with van der Waals surface area (Å²) in [6.07, 6.45) is 1.44. The zero-order chi connectivity index (χ0) is 20.0. The summed E-state index contributed by atoms with van der Waals surface area (Å²) in [6.45, 7) is 1.42. The molecule has 9 heteroatoms. The smallest absolute Gasteiger partial charge is 0.271 e. The molecule has 0 saturated carbocycles. The third kappa shape index (κ3) is 5.47. The van der Waals surface area contributed by atoms with Crippen molar-refractivity contribution in [2.24, 2.45) is 5.10 Å². The Morgan fingerprint density at radius 3 is 2.33 bits per heavy atom. The van der Waals surface area contributed by atoms with Crippen LogP contribution in [0.3, 0.4) is 0 Å². The van der Waals surface area contributed by atoms with Gasteiger partial charge in [-0.1, -0.05) is 18.2 Å². The Kier molecular flexibility index (Phi) is 6.43. The number of amides is 2. The van der Waals surface area contributed by atoms with Gasteiger partial charge in [-0.3, -0.25) is 9.59 Å². The molecule has 2 amide bonds. The van der Waals surface area contributed by atoms with E-state index in [1.165, 1.54) is 51.5 Å². The fourth-order valence-corrected chi connectivity index (χ4v) is 3.04. The lowest BCUT2D eigenvalue weighted by molar-refractivity contribution is -0.114. The average Bonchev–Trinajstić information content (AvgIpc) is 2.62. The number of hydrogen-bond donors (Lipinski definition) is 2. The van der Waals surface area contributed by atoms with Gasteiger partial charge in [0.2, 0.25) is 15.9 Å². The normalized spacial score (nSPS) is 11.6. The van der Waals surface area contributed by atoms with E-state index in [2.05, 4.69) is 15.8 Å². The highest BCUT2D eigenvalue weighted by atomic mass is 32.2. The van der Waals surface area contributed by atoms with E-state index in [1.807, 2.05) is 0 Å². The molecule has 27 heavy (non-hydrogen) atoms. The van der Waals surface area contributed by atoms with Gasteiger partial charge in [0.1, 0.15) is 0 Å². The monoisotopic (exact) mass is 388 g/mol. The SMILES string of the molecule is CC(=O)Nc1ccc(/C=N\NC(=O)c2cccc(S(=O)(=O)N(C)C)c2)cc1. The number of sulfonamides is 1. The molecule has 0 spiro atoms. The van der Waals surface area contributed by atoms with Crippen LogP contribution in [0.1, 0.15) is 22.8 Å². The molecule has 0 fully saturated rings. The summed E-state index contributed by atoms with van der Waals surface area (Å²) in [5, 5.41) is 6.51. The molecule has 2 aromatic rings. The molecule has 0 aliphatic heterocycles. The first-order chi connectivity index (χ1) is 12.7. The first kappa shape index (κ1) is 20.3. The third-order valence-electron chi connectivity index (χ3n) is 3.49. The van der Waals surface area contributed by atoms with Gasteiger partial charge in [-0.2, -0.15) is 5.10 Å². The fourth-order valence-electron chi connectivity index (χ4n) is 2.09. The zero-order valence-electron chi connectivity index (χ0n) is 15.1. The van der Waals surface area contributed by atoms with Gasteiger partial charge in [-0.15, -0.1) is 0 Å². The summed E-state index contributed by atoms with van der Waals surface area (Å²) in [5.74, 6) is -0.695. The molecule has 142 valence electrons. The minimum Gasteiger partial charge on any atom is -0.326 e. The minimum atomic E-state index is -3.62. The Morgan fingerprint density at radius 2 is 1.74 bits per heavy atom. The van der Waals surface area contributed by atoms with Crippen LogP contribution in [0.5, 0.6) is 0 Å². The Labute approximate surface area is 157 Å². The maximum Gasteiger partial charge on any atom is 0.271 e. The zero-order valence-corrected chi connectivity index (χ0v) is 15.9. The largest absolute Gasteiger partial charge is 0.326 e. The summed E-state index contributed by atoms with van der Waals surface area (Å²) in [5.41, 5.74) is 3.90. The summed E-state index contributed by atoms with van der Waals surface area (Å²) in [6, 6.07) is 12.6. The van der Waals surface area contributed by atoms with Crippen molar-refractivity contribution in [2.45, 2.75) is 11.8 Å². The van der Waals surface area contributed by atoms with Crippen molar-refractivity contribution >= 4 is 33.7 Å². The van der Waals surface area contributed by atoms with Crippen LogP contribution in [-0.4, -0.2) is 44.8 Å². The molecule has 0 aliphatic carbocycles. The van der Waals surface area contributed by atoms with E-state index in [0.29, 0.717) is 11.3 Å². The molecule has 2 rings (SSSR count). The minimum absolute atomic E-state index is 0.0256. The van der Waals surface area contributed by atoms with Gasteiger partial charge in [0.05, 0.1) is 11.1 Å². The number of rotatable bonds is 6. The molecular formula is C18H20N4O4S. The topological polar surface area (TPSA) is 108 Å². The van der Waals surface area contributed by atoms with E-state index in [0.717, 1.165) is 4.31 Å². The molecule has 2 N–H and O–H groups in total. The third-order valence-corrected chi connectivity index (χ3v) is 5.30. The quantitative estimate of drug-likeness (QED) is 0.579. The van der Waals surface area contributed by atoms with Crippen LogP contribution in [0, 0.1) is 0 Å². The van der Waals surface area contributed by atoms with Gasteiger partial charge in [-0.25, -0.2) is 18.1 Å². The maximum absolute atomic E-state index is 12.2. The van der Waals surface area contributed by atoms with Crippen molar-refractivity contribution in [3.05, 3.63) is 59.7 Å². The van der Waals surface area contributed by atoms with E-state index in [1.54, 1.807) is 24.3 Å². The molecule has 0 heterocycles. The number of nitrogens with one attached hydrogen (secondary N) is 2. The summed E-state index contributed by atoms with van der Waals surface area (Å²) < 4.78 is 25.4. The predicted molar refractivity (Wildman–Crippen MR) is 103 cm³/mol. The van der Waals surface area contributed by atoms with Gasteiger partial charge < -0.3 is 5.32 Å². The molecule has 0 bridgehead atoms. The molecule has 0 unspecified atom stereocenters. The summed E-state index contributed by atoms with van der Waals surface area (Å²) in [4.78, 5) is 23.2. The van der Waals surface area contributed by atoms with E-state index in [-0.39, 0.29) is 16.4 Å². The molecule has 0 saturated heterocycles. The number of hydrogen-bond acceptors (Lipinski definition) is 5. The number of carbonyl (C=O) groups is 2. The molecule has 0 radical (unpaired) electrons. The highest BCUT2D eigenvalue weighted by molar-refractivity contribution is 7.89. The number of carbonyl (C=O) groups excluding carboxylic acids is 2. The second-order valence-electron chi connectivity index (χ2n) is 5.82. The highest BCUT2D eigenvalue weighted by Crippen LogP contribution is 2.15. The van der Waals surface area contributed by atoms with E-state index < -0.39 is 15.9 Å². The van der Waals surface area contributed by atoms with Crippen LogP contribution >= 0.6 is 0 Å². The number of nitrogens with zero attached hydrogens (tertiary/aromatic N) is 2. The van der Waals surface area contributed by atoms with Crippen molar-refractivity contribution in [2.75, 3.05) is 19.4 Å². The summed E-state index contributed by atoms with van der Waals surface area (Å²) >= 11 is 0. The van der Waals surface area contributed by atoms with E-state index in [9.17, 15) is 18.0 Å². The highest BCUT2D eigenvalue weighted by Gasteiger charge is 2.18. The lowest BCUT2D eigenvalue weighted by atomic mass is 10.2. The average molecular weight is 388 g/mol. The Hall–Kier alpha value is -3.04. The van der Waals surface area contributed by atoms with Gasteiger partial charge in [0, 0.05) is 32.3 Å². The standard InChI is InChI=1S/C18H20N4O4S/c1-13(23)20-16-9-7-14(8-10-16)12-19-21-18(24)15-5-4-6-17(11-15)27(25,26)22(2)3/h4-12H,1-3H3,(H,20,23)(H,21,24)/b19-12-. The first-order valence-electron chi connectivity index (χ1n) is 7.94. The molecule has 0 atom stereocenters. The van der Waals surface area contributed by atoms with Crippen LogP contribution < -0.4 is 10.7 Å². The van der Waals surface area contributed by atoms with Gasteiger partial charge >= 0.3 is 0 Å². The second kappa shape index (κ2) is 8.56. The first-order valence-corrected chi connectivity index (χ1v) is 9.38. The Morgan fingerprint density at radius 1 is 1.07 bits per heavy atom. The Balaban J connectivity index is 2.05. The van der Waals surface area contributed by atoms with Crippen molar-refractivity contribution in [3.8, 4) is 0 Å². The van der Waals surface area contributed by atoms with Crippen molar-refractivity contribution in [1.82, 2.24) is 9.73 Å². The van der Waals surface area contributed by atoms with Crippen LogP contribution in [-0.2, 0) is 14.8 Å². The number of hydrazone groups is 1. The predicted octanol–water partition coefficient (Wildman–Crippen LogP) is 1.66. The van der Waals surface area contributed by atoms with Crippen molar-refractivity contribution in [1.29, 1.82) is 0 Å². The van der Waals surface area contributed by atoms with Crippen molar-refractivity contribution in [3.63, 3.8) is 0 Å². The Bertz CT molecular complexity index is 967. The maximum atomic E-state index is 12.2. The molecule has 8 nitrogen and oxygen atoms in total. The van der Waals surface area contributed by atoms with Gasteiger partial charge in [-0.05, 0) is 35.9 Å². The van der Waals surface area contributed by atoms with Gasteiger partial charge in [0.15, 0.2) is 0 Å². The lowest BCUT2D eigenvalue weighted by Crippen LogP contribution is -2.23. The summed E-state index contributed by atoms with van der Waals surface area (Å²) in [7, 11) is -0.784. The second-order valence-corrected chi connectivity index (χ2v) is 7.97. The van der Waals surface area contributed by atoms with Crippen LogP contribution in [0.15, 0.2) is 58.5 Å². The molecule has 0 aromatic heterocycles. The lowest BCUT2D eigenvalue weighted by Gasteiger charge is -2.11. The van der Waals surface area contributed by atoms with E-state index >= 15 is 0 Å². The van der Waals surface area contributed by atoms with E-state index in [4.69, 9.17) is 0 Å². The van der Waals surface area contributed by atoms with Crippen molar-refractivity contribution < 1.29 is 18.0 Å². The van der Waals surface area contributed by atoms with Crippen LogP contribution in [0.25, 0.3) is 0 Å². The molecule has 0 aliphatic rings. The molecule has 2 aromatic carbocycles. The van der Waals surface area contributed by atoms with Crippen LogP contribution in [0.4, 0.5) is 5.69 Å². The van der Waals surface area contributed by atoms with Crippen LogP contribution in [0.2, 0.25) is 0 Å². The fraction of sp³-hybridized carbons (Fsp3) is 0.167. The number of benzene rings is 2. The van der Waals surface area contributed by atoms with Gasteiger partial charge in [0.25, 0.3) is 5.91 Å². The number of anilines is 1.